The lowest BCUT2D eigenvalue weighted by Crippen LogP contribution is -2.14. The largest absolute Gasteiger partial charge is 0.402 e. The van der Waals surface area contributed by atoms with Gasteiger partial charge >= 0.3 is 5.97 Å². The van der Waals surface area contributed by atoms with Gasteiger partial charge in [0.2, 0.25) is 11.7 Å². The third kappa shape index (κ3) is 3.29. The highest BCUT2D eigenvalue weighted by Gasteiger charge is 2.26. The molecule has 0 aliphatic rings. The number of H-pyrrole nitrogens is 1. The van der Waals surface area contributed by atoms with Crippen LogP contribution in [-0.4, -0.2) is 31.7 Å². The lowest BCUT2D eigenvalue weighted by Gasteiger charge is -2.07. The maximum atomic E-state index is 12.9. The van der Waals surface area contributed by atoms with Crippen LogP contribution in [-0.2, 0) is 7.05 Å². The lowest BCUT2D eigenvalue weighted by molar-refractivity contribution is 0.0712. The van der Waals surface area contributed by atoms with E-state index in [4.69, 9.17) is 27.9 Å². The van der Waals surface area contributed by atoms with Crippen LogP contribution in [0, 0.1) is 6.92 Å². The third-order valence-corrected chi connectivity index (χ3v) is 4.03. The number of benzene rings is 1. The van der Waals surface area contributed by atoms with Gasteiger partial charge in [0, 0.05) is 23.8 Å². The Kier molecular flexibility index (Phi) is 4.61. The van der Waals surface area contributed by atoms with Gasteiger partial charge in [0.15, 0.2) is 0 Å². The number of carbonyl (C=O) groups is 2. The summed E-state index contributed by atoms with van der Waals surface area (Å²) in [7, 11) is 1.57. The molecular weight excluding hydrogens is 367 g/mol. The maximum Gasteiger partial charge on any atom is 0.363 e. The van der Waals surface area contributed by atoms with Crippen LogP contribution in [0.15, 0.2) is 30.5 Å². The Morgan fingerprint density at radius 3 is 2.64 bits per heavy atom. The maximum absolute atomic E-state index is 12.9. The molecule has 2 heterocycles. The van der Waals surface area contributed by atoms with E-state index in [2.05, 4.69) is 15.3 Å². The van der Waals surface area contributed by atoms with Crippen LogP contribution in [0.25, 0.3) is 0 Å². The molecule has 128 valence electrons. The summed E-state index contributed by atoms with van der Waals surface area (Å²) < 4.78 is 6.67. The van der Waals surface area contributed by atoms with Crippen molar-refractivity contribution in [2.75, 3.05) is 0 Å². The number of hydrogen-bond acceptors (Lipinski definition) is 5. The van der Waals surface area contributed by atoms with Crippen LogP contribution in [0.3, 0.4) is 0 Å². The molecule has 1 aromatic carbocycles. The van der Waals surface area contributed by atoms with Crippen molar-refractivity contribution in [1.82, 2.24) is 20.0 Å². The first kappa shape index (κ1) is 17.2. The highest BCUT2D eigenvalue weighted by Crippen LogP contribution is 2.29. The Labute approximate surface area is 152 Å². The molecule has 2 aromatic heterocycles. The normalized spacial score (nSPS) is 10.7. The highest BCUT2D eigenvalue weighted by molar-refractivity contribution is 6.37. The second kappa shape index (κ2) is 6.70. The molecule has 0 bridgehead atoms. The number of nitrogens with one attached hydrogen (secondary N) is 1. The van der Waals surface area contributed by atoms with E-state index >= 15 is 0 Å². The molecular formula is C16H12Cl2N4O3. The topological polar surface area (TPSA) is 89.9 Å². The van der Waals surface area contributed by atoms with Crippen LogP contribution in [0.4, 0.5) is 0 Å². The van der Waals surface area contributed by atoms with Crippen LogP contribution < -0.4 is 4.74 Å². The smallest absolute Gasteiger partial charge is 0.363 e. The molecule has 0 aliphatic carbocycles. The molecule has 0 amide bonds. The van der Waals surface area contributed by atoms with Gasteiger partial charge in [0.1, 0.15) is 11.3 Å². The predicted molar refractivity (Wildman–Crippen MR) is 91.4 cm³/mol. The third-order valence-electron chi connectivity index (χ3n) is 3.48. The first-order valence-electron chi connectivity index (χ1n) is 7.13. The van der Waals surface area contributed by atoms with Crippen molar-refractivity contribution in [2.45, 2.75) is 6.92 Å². The Hall–Kier alpha value is -2.64. The molecule has 0 aliphatic heterocycles. The van der Waals surface area contributed by atoms with E-state index in [1.807, 2.05) is 0 Å². The molecule has 0 atom stereocenters. The fraction of sp³-hybridized carbons (Fsp3) is 0.125. The van der Waals surface area contributed by atoms with Crippen LogP contribution in [0.2, 0.25) is 10.0 Å². The van der Waals surface area contributed by atoms with E-state index in [9.17, 15) is 9.59 Å². The van der Waals surface area contributed by atoms with Gasteiger partial charge in [-0.2, -0.15) is 10.2 Å². The van der Waals surface area contributed by atoms with E-state index in [-0.39, 0.29) is 27.7 Å². The molecule has 1 N–H and O–H groups in total. The van der Waals surface area contributed by atoms with Gasteiger partial charge in [-0.05, 0) is 31.2 Å². The van der Waals surface area contributed by atoms with Crippen molar-refractivity contribution in [3.63, 3.8) is 0 Å². The number of ketones is 1. The summed E-state index contributed by atoms with van der Waals surface area (Å²) in [5, 5.41) is 11.0. The molecule has 3 rings (SSSR count). The Bertz CT molecular complexity index is 964. The Morgan fingerprint density at radius 1 is 1.24 bits per heavy atom. The first-order chi connectivity index (χ1) is 11.9. The van der Waals surface area contributed by atoms with E-state index in [0.717, 1.165) is 0 Å². The molecule has 0 saturated heterocycles. The van der Waals surface area contributed by atoms with E-state index in [1.54, 1.807) is 20.0 Å². The van der Waals surface area contributed by atoms with Crippen LogP contribution in [0.1, 0.15) is 32.1 Å². The van der Waals surface area contributed by atoms with Gasteiger partial charge in [-0.15, -0.1) is 0 Å². The Balaban J connectivity index is 2.01. The molecule has 7 nitrogen and oxygen atoms in total. The summed E-state index contributed by atoms with van der Waals surface area (Å²) in [5.41, 5.74) is 0.952. The van der Waals surface area contributed by atoms with Crippen molar-refractivity contribution in [3.05, 3.63) is 63.0 Å². The molecule has 25 heavy (non-hydrogen) atoms. The van der Waals surface area contributed by atoms with Gasteiger partial charge in [-0.1, -0.05) is 23.2 Å². The van der Waals surface area contributed by atoms with Crippen molar-refractivity contribution in [3.8, 4) is 5.88 Å². The minimum absolute atomic E-state index is 0.0214. The van der Waals surface area contributed by atoms with Crippen LogP contribution >= 0.6 is 23.2 Å². The molecule has 0 fully saturated rings. The fourth-order valence-electron chi connectivity index (χ4n) is 2.34. The lowest BCUT2D eigenvalue weighted by atomic mass is 10.0. The number of nitrogens with zero attached hydrogens (tertiary/aromatic N) is 3. The molecule has 0 spiro atoms. The zero-order chi connectivity index (χ0) is 18.1. The number of carbonyl (C=O) groups excluding carboxylic acids is 2. The minimum atomic E-state index is -0.684. The van der Waals surface area contributed by atoms with Gasteiger partial charge < -0.3 is 4.74 Å². The van der Waals surface area contributed by atoms with Crippen molar-refractivity contribution >= 4 is 35.0 Å². The number of aromatic amines is 1. The van der Waals surface area contributed by atoms with Gasteiger partial charge in [-0.25, -0.2) is 9.48 Å². The highest BCUT2D eigenvalue weighted by atomic mass is 35.5. The molecule has 9 heteroatoms. The minimum Gasteiger partial charge on any atom is -0.402 e. The zero-order valence-electron chi connectivity index (χ0n) is 13.2. The summed E-state index contributed by atoms with van der Waals surface area (Å²) in [4.78, 5) is 25.1. The summed E-state index contributed by atoms with van der Waals surface area (Å²) in [6, 6.07) is 6.00. The number of esters is 1. The van der Waals surface area contributed by atoms with E-state index in [0.29, 0.717) is 10.7 Å². The number of aryl methyl sites for hydroxylation is 2. The second-order valence-corrected chi connectivity index (χ2v) is 6.05. The molecule has 0 radical (unpaired) electrons. The number of aromatic nitrogens is 4. The first-order valence-corrected chi connectivity index (χ1v) is 7.89. The number of hydrogen-bond donors (Lipinski definition) is 1. The van der Waals surface area contributed by atoms with Gasteiger partial charge in [0.25, 0.3) is 0 Å². The van der Waals surface area contributed by atoms with Crippen LogP contribution in [0.5, 0.6) is 5.88 Å². The Morgan fingerprint density at radius 2 is 2.00 bits per heavy atom. The standard InChI is InChI=1S/C16H12Cl2N4O3/c1-8-13(14(23)10-4-3-9(17)7-11(10)18)15(22(2)21-8)25-16(24)12-5-6-19-20-12/h3-7H,1-2H3,(H,19,20). The van der Waals surface area contributed by atoms with Crippen molar-refractivity contribution in [2.24, 2.45) is 7.05 Å². The summed E-state index contributed by atoms with van der Waals surface area (Å²) in [6.07, 6.45) is 1.42. The number of ether oxygens (including phenoxy) is 1. The van der Waals surface area contributed by atoms with E-state index in [1.165, 1.54) is 29.1 Å². The predicted octanol–water partition coefficient (Wildman–Crippen LogP) is 3.21. The average molecular weight is 379 g/mol. The zero-order valence-corrected chi connectivity index (χ0v) is 14.7. The summed E-state index contributed by atoms with van der Waals surface area (Å²) in [6.45, 7) is 1.64. The summed E-state index contributed by atoms with van der Waals surface area (Å²) >= 11 is 12.0. The fourth-order valence-corrected chi connectivity index (χ4v) is 2.83. The van der Waals surface area contributed by atoms with Gasteiger partial charge in [0.05, 0.1) is 10.7 Å². The van der Waals surface area contributed by atoms with Gasteiger partial charge in [-0.3, -0.25) is 9.89 Å². The molecule has 0 saturated carbocycles. The second-order valence-electron chi connectivity index (χ2n) is 5.20. The van der Waals surface area contributed by atoms with Crippen molar-refractivity contribution < 1.29 is 14.3 Å². The van der Waals surface area contributed by atoms with Crippen molar-refractivity contribution in [1.29, 1.82) is 0 Å². The van der Waals surface area contributed by atoms with E-state index < -0.39 is 11.8 Å². The monoisotopic (exact) mass is 378 g/mol. The SMILES string of the molecule is Cc1nn(C)c(OC(=O)c2ccn[nH]2)c1C(=O)c1ccc(Cl)cc1Cl. The number of halogens is 2. The quantitative estimate of drug-likeness (QED) is 0.555. The summed E-state index contributed by atoms with van der Waals surface area (Å²) in [5.74, 6) is -1.08. The number of rotatable bonds is 4. The average Bonchev–Trinajstić information content (AvgIpc) is 3.16. The molecule has 0 unspecified atom stereocenters. The molecule has 3 aromatic rings.